The van der Waals surface area contributed by atoms with Gasteiger partial charge in [0, 0.05) is 25.1 Å². The van der Waals surface area contributed by atoms with Crippen molar-refractivity contribution in [3.8, 4) is 0 Å². The molecule has 9 nitrogen and oxygen atoms in total. The second-order valence-corrected chi connectivity index (χ2v) is 8.62. The minimum absolute atomic E-state index is 0.0364. The summed E-state index contributed by atoms with van der Waals surface area (Å²) in [5, 5.41) is 14.6. The molecule has 2 aromatic rings. The smallest absolute Gasteiger partial charge is 0.321 e. The molecular weight excluding hydrogens is 422 g/mol. The summed E-state index contributed by atoms with van der Waals surface area (Å²) in [7, 11) is -2.22. The van der Waals surface area contributed by atoms with Crippen LogP contribution < -0.4 is 15.4 Å². The van der Waals surface area contributed by atoms with Crippen molar-refractivity contribution in [1.29, 1.82) is 0 Å². The predicted molar refractivity (Wildman–Crippen MR) is 118 cm³/mol. The Morgan fingerprint density at radius 2 is 1.65 bits per heavy atom. The van der Waals surface area contributed by atoms with Crippen LogP contribution in [0.5, 0.6) is 0 Å². The highest BCUT2D eigenvalue weighted by Crippen LogP contribution is 2.19. The number of anilines is 2. The van der Waals surface area contributed by atoms with E-state index in [4.69, 9.17) is 4.74 Å². The van der Waals surface area contributed by atoms with Gasteiger partial charge in [0.15, 0.2) is 0 Å². The fourth-order valence-corrected chi connectivity index (χ4v) is 3.75. The molecule has 4 N–H and O–H groups in total. The van der Waals surface area contributed by atoms with Crippen molar-refractivity contribution in [1.82, 2.24) is 5.32 Å². The first-order valence-corrected chi connectivity index (χ1v) is 11.1. The molecule has 2 rings (SSSR count). The molecule has 0 saturated heterocycles. The van der Waals surface area contributed by atoms with E-state index >= 15 is 0 Å². The molecule has 1 unspecified atom stereocenters. The number of methoxy groups -OCH3 is 1. The quantitative estimate of drug-likeness (QED) is 0.365. The predicted octanol–water partition coefficient (Wildman–Crippen LogP) is 2.20. The molecule has 0 saturated carbocycles. The lowest BCUT2D eigenvalue weighted by Crippen LogP contribution is -2.40. The standard InChI is InChI=1S/C21H27N3O6S/c1-15-4-6-17(7-5-15)24-31(28,29)18-10-8-16(9-11-18)23-20(25)14-19(21(26)27)22-12-3-13-30-2/h4-11,19,22,24H,3,12-14H2,1-2H3,(H,23,25)(H,26,27). The number of carboxylic acid groups (broad SMARTS) is 1. The van der Waals surface area contributed by atoms with Crippen molar-refractivity contribution in [2.45, 2.75) is 30.7 Å². The Bertz CT molecular complexity index is 975. The number of benzene rings is 2. The van der Waals surface area contributed by atoms with Crippen LogP contribution in [-0.2, 0) is 24.3 Å². The van der Waals surface area contributed by atoms with E-state index < -0.39 is 27.9 Å². The van der Waals surface area contributed by atoms with Crippen molar-refractivity contribution >= 4 is 33.3 Å². The molecule has 0 aromatic heterocycles. The number of amides is 1. The number of hydrogen-bond acceptors (Lipinski definition) is 6. The zero-order valence-corrected chi connectivity index (χ0v) is 18.2. The molecule has 10 heteroatoms. The first kappa shape index (κ1) is 24.3. The monoisotopic (exact) mass is 449 g/mol. The van der Waals surface area contributed by atoms with E-state index in [-0.39, 0.29) is 11.3 Å². The molecule has 0 bridgehead atoms. The van der Waals surface area contributed by atoms with Crippen molar-refractivity contribution in [3.63, 3.8) is 0 Å². The zero-order valence-electron chi connectivity index (χ0n) is 17.4. The number of nitrogens with one attached hydrogen (secondary N) is 3. The summed E-state index contributed by atoms with van der Waals surface area (Å²) in [5.74, 6) is -1.63. The maximum atomic E-state index is 12.5. The van der Waals surface area contributed by atoms with Gasteiger partial charge in [-0.3, -0.25) is 14.3 Å². The molecule has 1 amide bonds. The third-order valence-corrected chi connectivity index (χ3v) is 5.75. The van der Waals surface area contributed by atoms with E-state index in [0.717, 1.165) is 5.56 Å². The van der Waals surface area contributed by atoms with Crippen molar-refractivity contribution in [3.05, 3.63) is 54.1 Å². The van der Waals surface area contributed by atoms with Crippen molar-refractivity contribution < 1.29 is 27.9 Å². The Morgan fingerprint density at radius 3 is 2.23 bits per heavy atom. The maximum Gasteiger partial charge on any atom is 0.321 e. The second kappa shape index (κ2) is 11.4. The van der Waals surface area contributed by atoms with Gasteiger partial charge in [0.2, 0.25) is 5.91 Å². The third-order valence-electron chi connectivity index (χ3n) is 4.36. The molecule has 168 valence electrons. The Kier molecular flexibility index (Phi) is 8.98. The number of sulfonamides is 1. The van der Waals surface area contributed by atoms with Gasteiger partial charge in [-0.15, -0.1) is 0 Å². The van der Waals surface area contributed by atoms with E-state index in [0.29, 0.717) is 30.9 Å². The lowest BCUT2D eigenvalue weighted by Gasteiger charge is -2.14. The fraction of sp³-hybridized carbons (Fsp3) is 0.333. The molecule has 0 aliphatic carbocycles. The van der Waals surface area contributed by atoms with Gasteiger partial charge in [-0.2, -0.15) is 0 Å². The Morgan fingerprint density at radius 1 is 1.03 bits per heavy atom. The van der Waals surface area contributed by atoms with Gasteiger partial charge >= 0.3 is 5.97 Å². The zero-order chi connectivity index (χ0) is 22.9. The molecular formula is C21H27N3O6S. The number of rotatable bonds is 12. The third kappa shape index (κ3) is 8.00. The highest BCUT2D eigenvalue weighted by Gasteiger charge is 2.21. The van der Waals surface area contributed by atoms with Crippen molar-refractivity contribution in [2.24, 2.45) is 0 Å². The van der Waals surface area contributed by atoms with Gasteiger partial charge in [-0.25, -0.2) is 8.42 Å². The normalized spacial score (nSPS) is 12.2. The van der Waals surface area contributed by atoms with E-state index in [1.807, 2.05) is 6.92 Å². The summed E-state index contributed by atoms with van der Waals surface area (Å²) in [6.07, 6.45) is 0.353. The van der Waals surface area contributed by atoms with Crippen LogP contribution in [-0.4, -0.2) is 51.7 Å². The minimum Gasteiger partial charge on any atom is -0.480 e. The summed E-state index contributed by atoms with van der Waals surface area (Å²) in [5.41, 5.74) is 1.82. The molecule has 0 radical (unpaired) electrons. The van der Waals surface area contributed by atoms with Crippen LogP contribution in [0.1, 0.15) is 18.4 Å². The minimum atomic E-state index is -3.78. The van der Waals surface area contributed by atoms with E-state index in [1.54, 1.807) is 31.4 Å². The van der Waals surface area contributed by atoms with Gasteiger partial charge in [-0.05, 0) is 56.3 Å². The van der Waals surface area contributed by atoms with Crippen LogP contribution >= 0.6 is 0 Å². The van der Waals surface area contributed by atoms with Crippen LogP contribution in [0.25, 0.3) is 0 Å². The Hall–Kier alpha value is -2.95. The molecule has 0 heterocycles. The SMILES string of the molecule is COCCCNC(CC(=O)Nc1ccc(S(=O)(=O)Nc2ccc(C)cc2)cc1)C(=O)O. The average molecular weight is 450 g/mol. The van der Waals surface area contributed by atoms with Gasteiger partial charge in [0.25, 0.3) is 10.0 Å². The van der Waals surface area contributed by atoms with Crippen LogP contribution in [0.15, 0.2) is 53.4 Å². The van der Waals surface area contributed by atoms with Crippen LogP contribution in [0, 0.1) is 6.92 Å². The van der Waals surface area contributed by atoms with E-state index in [1.165, 1.54) is 24.3 Å². The lowest BCUT2D eigenvalue weighted by atomic mass is 10.2. The van der Waals surface area contributed by atoms with E-state index in [2.05, 4.69) is 15.4 Å². The highest BCUT2D eigenvalue weighted by atomic mass is 32.2. The molecule has 31 heavy (non-hydrogen) atoms. The molecule has 1 atom stereocenters. The molecule has 0 fully saturated rings. The first-order valence-electron chi connectivity index (χ1n) is 9.66. The summed E-state index contributed by atoms with van der Waals surface area (Å²) < 4.78 is 32.4. The number of carbonyl (C=O) groups is 2. The highest BCUT2D eigenvalue weighted by molar-refractivity contribution is 7.92. The number of carbonyl (C=O) groups excluding carboxylic acids is 1. The summed E-state index contributed by atoms with van der Waals surface area (Å²) in [4.78, 5) is 23.6. The molecule has 0 aliphatic heterocycles. The largest absolute Gasteiger partial charge is 0.480 e. The topological polar surface area (TPSA) is 134 Å². The summed E-state index contributed by atoms with van der Waals surface area (Å²) in [6, 6.07) is 11.5. The number of aryl methyl sites for hydroxylation is 1. The Labute approximate surface area is 181 Å². The number of ether oxygens (including phenoxy) is 1. The first-order chi connectivity index (χ1) is 14.7. The summed E-state index contributed by atoms with van der Waals surface area (Å²) >= 11 is 0. The second-order valence-electron chi connectivity index (χ2n) is 6.94. The lowest BCUT2D eigenvalue weighted by molar-refractivity contribution is -0.141. The molecule has 0 spiro atoms. The van der Waals surface area contributed by atoms with Gasteiger partial charge in [-0.1, -0.05) is 17.7 Å². The van der Waals surface area contributed by atoms with E-state index in [9.17, 15) is 23.1 Å². The summed E-state index contributed by atoms with van der Waals surface area (Å²) in [6.45, 7) is 2.79. The van der Waals surface area contributed by atoms with Gasteiger partial charge < -0.3 is 20.5 Å². The molecule has 2 aromatic carbocycles. The maximum absolute atomic E-state index is 12.5. The van der Waals surface area contributed by atoms with Crippen LogP contribution in [0.3, 0.4) is 0 Å². The average Bonchev–Trinajstić information content (AvgIpc) is 2.72. The number of carboxylic acids is 1. The van der Waals surface area contributed by atoms with Crippen LogP contribution in [0.2, 0.25) is 0 Å². The number of aliphatic carboxylic acids is 1. The van der Waals surface area contributed by atoms with Gasteiger partial charge in [0.05, 0.1) is 11.3 Å². The van der Waals surface area contributed by atoms with Gasteiger partial charge in [0.1, 0.15) is 6.04 Å². The molecule has 0 aliphatic rings. The van der Waals surface area contributed by atoms with Crippen LogP contribution in [0.4, 0.5) is 11.4 Å². The fourth-order valence-electron chi connectivity index (χ4n) is 2.69. The van der Waals surface area contributed by atoms with Crippen molar-refractivity contribution in [2.75, 3.05) is 30.3 Å². The number of hydrogen-bond donors (Lipinski definition) is 4. The Balaban J connectivity index is 1.95.